The fourth-order valence-electron chi connectivity index (χ4n) is 3.53. The Labute approximate surface area is 155 Å². The van der Waals surface area contributed by atoms with Gasteiger partial charge in [-0.3, -0.25) is 9.88 Å². The van der Waals surface area contributed by atoms with Gasteiger partial charge in [0.15, 0.2) is 11.5 Å². The molecule has 0 bridgehead atoms. The molecule has 26 heavy (non-hydrogen) atoms. The van der Waals surface area contributed by atoms with Gasteiger partial charge in [-0.2, -0.15) is 0 Å². The molecule has 1 aliphatic rings. The summed E-state index contributed by atoms with van der Waals surface area (Å²) in [6.07, 6.45) is 2.66. The van der Waals surface area contributed by atoms with Crippen LogP contribution in [0, 0.1) is 0 Å². The molecule has 1 unspecified atom stereocenters. The monoisotopic (exact) mass is 357 g/mol. The number of hydrogen-bond donors (Lipinski definition) is 1. The van der Waals surface area contributed by atoms with E-state index in [2.05, 4.69) is 27.3 Å². The van der Waals surface area contributed by atoms with Gasteiger partial charge in [-0.25, -0.2) is 0 Å². The van der Waals surface area contributed by atoms with Crippen molar-refractivity contribution in [2.24, 2.45) is 0 Å². The van der Waals surface area contributed by atoms with E-state index in [4.69, 9.17) is 14.2 Å². The number of ether oxygens (including phenoxy) is 3. The Bertz CT molecular complexity index is 703. The molecule has 6 heteroatoms. The maximum Gasteiger partial charge on any atom is 0.203 e. The third-order valence-electron chi connectivity index (χ3n) is 4.81. The van der Waals surface area contributed by atoms with Gasteiger partial charge < -0.3 is 19.5 Å². The molecule has 0 aliphatic carbocycles. The molecule has 1 fully saturated rings. The molecule has 6 nitrogen and oxygen atoms in total. The Morgan fingerprint density at radius 3 is 2.38 bits per heavy atom. The van der Waals surface area contributed by atoms with Crippen LogP contribution >= 0.6 is 0 Å². The van der Waals surface area contributed by atoms with Crippen molar-refractivity contribution in [2.75, 3.05) is 47.5 Å². The number of piperazine rings is 1. The molecule has 1 aromatic heterocycles. The molecule has 140 valence electrons. The van der Waals surface area contributed by atoms with Crippen molar-refractivity contribution in [1.29, 1.82) is 0 Å². The number of benzene rings is 1. The summed E-state index contributed by atoms with van der Waals surface area (Å²) in [5, 5.41) is 3.42. The molecule has 1 aromatic carbocycles. The SMILES string of the molecule is COc1ccc(C(Cc2ccccn2)N2CCNCC2)c(OC)c1OC. The molecule has 0 spiro atoms. The fourth-order valence-corrected chi connectivity index (χ4v) is 3.53. The van der Waals surface area contributed by atoms with Crippen LogP contribution in [0.1, 0.15) is 17.3 Å². The average molecular weight is 357 g/mol. The van der Waals surface area contributed by atoms with Crippen LogP contribution in [0.4, 0.5) is 0 Å². The van der Waals surface area contributed by atoms with Crippen molar-refractivity contribution in [1.82, 2.24) is 15.2 Å². The van der Waals surface area contributed by atoms with Gasteiger partial charge >= 0.3 is 0 Å². The lowest BCUT2D eigenvalue weighted by molar-refractivity contribution is 0.168. The maximum atomic E-state index is 5.75. The lowest BCUT2D eigenvalue weighted by Gasteiger charge is -2.36. The molecule has 0 amide bonds. The van der Waals surface area contributed by atoms with Gasteiger partial charge in [-0.1, -0.05) is 6.07 Å². The predicted octanol–water partition coefficient (Wildman–Crippen LogP) is 2.30. The summed E-state index contributed by atoms with van der Waals surface area (Å²) in [4.78, 5) is 7.01. The van der Waals surface area contributed by atoms with Crippen LogP contribution in [-0.2, 0) is 6.42 Å². The van der Waals surface area contributed by atoms with Gasteiger partial charge in [0, 0.05) is 56.1 Å². The Morgan fingerprint density at radius 2 is 1.77 bits per heavy atom. The highest BCUT2D eigenvalue weighted by Crippen LogP contribution is 2.44. The maximum absolute atomic E-state index is 5.75. The first-order valence-electron chi connectivity index (χ1n) is 8.92. The van der Waals surface area contributed by atoms with E-state index in [0.29, 0.717) is 11.5 Å². The minimum Gasteiger partial charge on any atom is -0.493 e. The van der Waals surface area contributed by atoms with Crippen LogP contribution in [0.15, 0.2) is 36.5 Å². The number of hydrogen-bond acceptors (Lipinski definition) is 6. The smallest absolute Gasteiger partial charge is 0.203 e. The normalized spacial score (nSPS) is 16.1. The molecule has 1 saturated heterocycles. The minimum absolute atomic E-state index is 0.154. The third-order valence-corrected chi connectivity index (χ3v) is 4.81. The quantitative estimate of drug-likeness (QED) is 0.821. The van der Waals surface area contributed by atoms with Crippen molar-refractivity contribution >= 4 is 0 Å². The Kier molecular flexibility index (Phi) is 6.30. The first kappa shape index (κ1) is 18.5. The molecule has 1 N–H and O–H groups in total. The Morgan fingerprint density at radius 1 is 1.00 bits per heavy atom. The van der Waals surface area contributed by atoms with E-state index in [1.54, 1.807) is 21.3 Å². The highest BCUT2D eigenvalue weighted by atomic mass is 16.5. The van der Waals surface area contributed by atoms with Crippen LogP contribution in [0.25, 0.3) is 0 Å². The fraction of sp³-hybridized carbons (Fsp3) is 0.450. The standard InChI is InChI=1S/C20H27N3O3/c1-24-18-8-7-16(19(25-2)20(18)26-3)17(23-12-10-21-11-13-23)14-15-6-4-5-9-22-15/h4-9,17,21H,10-14H2,1-3H3. The number of methoxy groups -OCH3 is 3. The molecule has 2 aromatic rings. The van der Waals surface area contributed by atoms with Crippen LogP contribution in [-0.4, -0.2) is 57.4 Å². The Balaban J connectivity index is 2.03. The molecule has 2 heterocycles. The summed E-state index contributed by atoms with van der Waals surface area (Å²) in [6, 6.07) is 10.2. The van der Waals surface area contributed by atoms with Crippen molar-refractivity contribution in [3.63, 3.8) is 0 Å². The van der Waals surface area contributed by atoms with Crippen molar-refractivity contribution < 1.29 is 14.2 Å². The zero-order valence-electron chi connectivity index (χ0n) is 15.7. The molecule has 0 radical (unpaired) electrons. The van der Waals surface area contributed by atoms with E-state index < -0.39 is 0 Å². The van der Waals surface area contributed by atoms with Crippen molar-refractivity contribution in [3.05, 3.63) is 47.8 Å². The van der Waals surface area contributed by atoms with E-state index in [0.717, 1.165) is 49.6 Å². The lowest BCUT2D eigenvalue weighted by Crippen LogP contribution is -2.45. The summed E-state index contributed by atoms with van der Waals surface area (Å²) in [5.41, 5.74) is 2.16. The van der Waals surface area contributed by atoms with E-state index in [1.165, 1.54) is 0 Å². The molecule has 1 aliphatic heterocycles. The van der Waals surface area contributed by atoms with Gasteiger partial charge in [0.1, 0.15) is 0 Å². The average Bonchev–Trinajstić information content (AvgIpc) is 2.72. The number of nitrogens with one attached hydrogen (secondary N) is 1. The van der Waals surface area contributed by atoms with E-state index >= 15 is 0 Å². The summed E-state index contributed by atoms with van der Waals surface area (Å²) in [5.74, 6) is 2.03. The minimum atomic E-state index is 0.154. The van der Waals surface area contributed by atoms with Gasteiger partial charge in [-0.15, -0.1) is 0 Å². The van der Waals surface area contributed by atoms with Crippen LogP contribution < -0.4 is 19.5 Å². The second-order valence-electron chi connectivity index (χ2n) is 6.25. The number of aromatic nitrogens is 1. The van der Waals surface area contributed by atoms with Crippen LogP contribution in [0.5, 0.6) is 17.2 Å². The van der Waals surface area contributed by atoms with Crippen LogP contribution in [0.2, 0.25) is 0 Å². The molecular formula is C20H27N3O3. The second kappa shape index (κ2) is 8.87. The van der Waals surface area contributed by atoms with Gasteiger partial charge in [-0.05, 0) is 24.3 Å². The molecule has 3 rings (SSSR count). The lowest BCUT2D eigenvalue weighted by atomic mass is 9.97. The van der Waals surface area contributed by atoms with Gasteiger partial charge in [0.2, 0.25) is 5.75 Å². The van der Waals surface area contributed by atoms with Crippen molar-refractivity contribution in [2.45, 2.75) is 12.5 Å². The Hall–Kier alpha value is -2.31. The first-order valence-corrected chi connectivity index (χ1v) is 8.92. The van der Waals surface area contributed by atoms with Gasteiger partial charge in [0.25, 0.3) is 0 Å². The number of nitrogens with zero attached hydrogens (tertiary/aromatic N) is 2. The highest BCUT2D eigenvalue weighted by Gasteiger charge is 2.28. The second-order valence-corrected chi connectivity index (χ2v) is 6.25. The zero-order valence-corrected chi connectivity index (χ0v) is 15.7. The van der Waals surface area contributed by atoms with E-state index in [-0.39, 0.29) is 6.04 Å². The first-order chi connectivity index (χ1) is 12.8. The van der Waals surface area contributed by atoms with E-state index in [1.807, 2.05) is 24.4 Å². The molecule has 1 atom stereocenters. The van der Waals surface area contributed by atoms with Gasteiger partial charge in [0.05, 0.1) is 21.3 Å². The summed E-state index contributed by atoms with van der Waals surface area (Å²) in [7, 11) is 4.96. The topological polar surface area (TPSA) is 55.9 Å². The summed E-state index contributed by atoms with van der Waals surface area (Å²) in [6.45, 7) is 3.92. The largest absolute Gasteiger partial charge is 0.493 e. The highest BCUT2D eigenvalue weighted by molar-refractivity contribution is 5.57. The third kappa shape index (κ3) is 3.92. The van der Waals surface area contributed by atoms with Crippen LogP contribution in [0.3, 0.4) is 0 Å². The summed E-state index contributed by atoms with van der Waals surface area (Å²) < 4.78 is 16.8. The number of pyridine rings is 1. The van der Waals surface area contributed by atoms with E-state index in [9.17, 15) is 0 Å². The molecule has 0 saturated carbocycles. The predicted molar refractivity (Wildman–Crippen MR) is 101 cm³/mol. The summed E-state index contributed by atoms with van der Waals surface area (Å²) >= 11 is 0. The molecular weight excluding hydrogens is 330 g/mol. The number of rotatable bonds is 7. The zero-order chi connectivity index (χ0) is 18.4. The van der Waals surface area contributed by atoms with Crippen molar-refractivity contribution in [3.8, 4) is 17.2 Å².